The molecule has 0 bridgehead atoms. The molecule has 3 heterocycles. The van der Waals surface area contributed by atoms with Crippen LogP contribution in [0, 0.1) is 0 Å². The lowest BCUT2D eigenvalue weighted by Crippen LogP contribution is -2.40. The summed E-state index contributed by atoms with van der Waals surface area (Å²) in [5, 5.41) is 4.05. The van der Waals surface area contributed by atoms with Crippen molar-refractivity contribution in [3.63, 3.8) is 0 Å². The summed E-state index contributed by atoms with van der Waals surface area (Å²) < 4.78 is 6.45. The molecule has 1 saturated heterocycles. The number of anilines is 1. The van der Waals surface area contributed by atoms with Crippen molar-refractivity contribution in [2.75, 3.05) is 18.5 Å². The molecule has 2 aromatic rings. The highest BCUT2D eigenvalue weighted by atomic mass is 79.9. The van der Waals surface area contributed by atoms with Gasteiger partial charge in [0.2, 0.25) is 5.91 Å². The number of amides is 1. The van der Waals surface area contributed by atoms with Gasteiger partial charge in [-0.3, -0.25) is 9.78 Å². The molecule has 4 rings (SSSR count). The van der Waals surface area contributed by atoms with Crippen LogP contribution in [0.4, 0.5) is 5.69 Å². The van der Waals surface area contributed by atoms with E-state index in [1.54, 1.807) is 6.20 Å². The Labute approximate surface area is 124 Å². The number of nitrogens with zero attached hydrogens (tertiary/aromatic N) is 1. The molecule has 0 radical (unpaired) electrons. The van der Waals surface area contributed by atoms with Crippen molar-refractivity contribution in [3.8, 4) is 0 Å². The predicted molar refractivity (Wildman–Crippen MR) is 79.8 cm³/mol. The number of ether oxygens (including phenoxy) is 1. The van der Waals surface area contributed by atoms with Gasteiger partial charge in [0.1, 0.15) is 0 Å². The Morgan fingerprint density at radius 3 is 2.90 bits per heavy atom. The Morgan fingerprint density at radius 2 is 2.10 bits per heavy atom. The van der Waals surface area contributed by atoms with Crippen molar-refractivity contribution in [3.05, 3.63) is 34.4 Å². The molecule has 1 fully saturated rings. The molecule has 1 amide bonds. The third kappa shape index (κ3) is 1.56. The van der Waals surface area contributed by atoms with Gasteiger partial charge in [0.15, 0.2) is 0 Å². The molecule has 4 nitrogen and oxygen atoms in total. The number of pyridine rings is 1. The van der Waals surface area contributed by atoms with Crippen LogP contribution in [0.25, 0.3) is 10.9 Å². The smallest absolute Gasteiger partial charge is 0.235 e. The van der Waals surface area contributed by atoms with E-state index < -0.39 is 5.41 Å². The fourth-order valence-electron chi connectivity index (χ4n) is 3.33. The van der Waals surface area contributed by atoms with Crippen LogP contribution in [0.5, 0.6) is 0 Å². The second kappa shape index (κ2) is 4.27. The first-order valence-corrected chi connectivity index (χ1v) is 7.48. The highest BCUT2D eigenvalue weighted by molar-refractivity contribution is 9.10. The molecule has 0 aliphatic carbocycles. The van der Waals surface area contributed by atoms with Crippen molar-refractivity contribution >= 4 is 38.4 Å². The third-order valence-electron chi connectivity index (χ3n) is 4.34. The van der Waals surface area contributed by atoms with E-state index in [0.717, 1.165) is 39.5 Å². The van der Waals surface area contributed by atoms with Gasteiger partial charge >= 0.3 is 0 Å². The SMILES string of the molecule is O=C1Nc2cnc3ccc(Br)cc3c2C12CCOCC2. The van der Waals surface area contributed by atoms with Crippen LogP contribution in [0.2, 0.25) is 0 Å². The zero-order valence-electron chi connectivity index (χ0n) is 10.8. The van der Waals surface area contributed by atoms with Crippen molar-refractivity contribution in [2.45, 2.75) is 18.3 Å². The number of rotatable bonds is 0. The van der Waals surface area contributed by atoms with Crippen LogP contribution in [0.3, 0.4) is 0 Å². The Hall–Kier alpha value is -1.46. The first-order chi connectivity index (χ1) is 9.71. The molecule has 102 valence electrons. The molecule has 1 aromatic carbocycles. The fraction of sp³-hybridized carbons (Fsp3) is 0.333. The van der Waals surface area contributed by atoms with E-state index in [1.807, 2.05) is 12.1 Å². The maximum Gasteiger partial charge on any atom is 0.235 e. The van der Waals surface area contributed by atoms with E-state index in [2.05, 4.69) is 32.3 Å². The monoisotopic (exact) mass is 332 g/mol. The lowest BCUT2D eigenvalue weighted by atomic mass is 9.74. The Morgan fingerprint density at radius 1 is 1.30 bits per heavy atom. The number of benzene rings is 1. The molecular weight excluding hydrogens is 320 g/mol. The molecule has 0 atom stereocenters. The predicted octanol–water partition coefficient (Wildman–Crippen LogP) is 3.00. The highest BCUT2D eigenvalue weighted by Crippen LogP contribution is 2.47. The van der Waals surface area contributed by atoms with Crippen LogP contribution in [0.1, 0.15) is 18.4 Å². The average molecular weight is 333 g/mol. The molecule has 0 unspecified atom stereocenters. The number of carbonyl (C=O) groups excluding carboxylic acids is 1. The Kier molecular flexibility index (Phi) is 2.62. The molecule has 1 spiro atoms. The van der Waals surface area contributed by atoms with Gasteiger partial charge in [-0.1, -0.05) is 15.9 Å². The van der Waals surface area contributed by atoms with Crippen molar-refractivity contribution < 1.29 is 9.53 Å². The van der Waals surface area contributed by atoms with E-state index in [4.69, 9.17) is 4.74 Å². The van der Waals surface area contributed by atoms with Crippen LogP contribution < -0.4 is 5.32 Å². The summed E-state index contributed by atoms with van der Waals surface area (Å²) in [5.41, 5.74) is 2.42. The normalized spacial score (nSPS) is 20.1. The number of aromatic nitrogens is 1. The van der Waals surface area contributed by atoms with Crippen molar-refractivity contribution in [1.82, 2.24) is 4.98 Å². The molecule has 20 heavy (non-hydrogen) atoms. The average Bonchev–Trinajstić information content (AvgIpc) is 2.73. The summed E-state index contributed by atoms with van der Waals surface area (Å²) in [5.74, 6) is 0.0880. The summed E-state index contributed by atoms with van der Waals surface area (Å²) in [7, 11) is 0. The molecular formula is C15H13BrN2O2. The van der Waals surface area contributed by atoms with Gasteiger partial charge in [0, 0.05) is 28.6 Å². The molecule has 1 aromatic heterocycles. The Bertz CT molecular complexity index is 723. The first-order valence-electron chi connectivity index (χ1n) is 6.69. The summed E-state index contributed by atoms with van der Waals surface area (Å²) in [6.07, 6.45) is 3.24. The molecule has 0 saturated carbocycles. The standard InChI is InChI=1S/C15H13BrN2O2/c16-9-1-2-11-10(7-9)13-12(8-17-11)18-14(19)15(13)3-5-20-6-4-15/h1-2,7-8H,3-6H2,(H,18,19). The van der Waals surface area contributed by atoms with Crippen LogP contribution >= 0.6 is 15.9 Å². The largest absolute Gasteiger partial charge is 0.381 e. The number of hydrogen-bond donors (Lipinski definition) is 1. The topological polar surface area (TPSA) is 51.2 Å². The van der Waals surface area contributed by atoms with Gasteiger partial charge < -0.3 is 10.1 Å². The number of halogens is 1. The maximum atomic E-state index is 12.5. The van der Waals surface area contributed by atoms with Crippen LogP contribution in [-0.4, -0.2) is 24.1 Å². The van der Waals surface area contributed by atoms with E-state index in [0.29, 0.717) is 13.2 Å². The zero-order chi connectivity index (χ0) is 13.7. The number of carbonyl (C=O) groups is 1. The van der Waals surface area contributed by atoms with Gasteiger partial charge in [0.25, 0.3) is 0 Å². The number of hydrogen-bond acceptors (Lipinski definition) is 3. The second-order valence-corrected chi connectivity index (χ2v) is 6.27. The van der Waals surface area contributed by atoms with E-state index >= 15 is 0 Å². The van der Waals surface area contributed by atoms with Gasteiger partial charge in [-0.05, 0) is 31.0 Å². The van der Waals surface area contributed by atoms with Gasteiger partial charge in [-0.15, -0.1) is 0 Å². The van der Waals surface area contributed by atoms with E-state index in [9.17, 15) is 4.79 Å². The van der Waals surface area contributed by atoms with Gasteiger partial charge in [-0.2, -0.15) is 0 Å². The van der Waals surface area contributed by atoms with Gasteiger partial charge in [0.05, 0.1) is 22.8 Å². The van der Waals surface area contributed by atoms with Crippen LogP contribution in [-0.2, 0) is 14.9 Å². The lowest BCUT2D eigenvalue weighted by molar-refractivity contribution is -0.124. The van der Waals surface area contributed by atoms with Crippen molar-refractivity contribution in [1.29, 1.82) is 0 Å². The molecule has 5 heteroatoms. The molecule has 2 aliphatic rings. The molecule has 2 aliphatic heterocycles. The minimum Gasteiger partial charge on any atom is -0.381 e. The summed E-state index contributed by atoms with van der Waals surface area (Å²) in [6, 6.07) is 6.01. The number of nitrogens with one attached hydrogen (secondary N) is 1. The van der Waals surface area contributed by atoms with E-state index in [-0.39, 0.29) is 5.91 Å². The summed E-state index contributed by atoms with van der Waals surface area (Å²) in [6.45, 7) is 1.26. The third-order valence-corrected chi connectivity index (χ3v) is 4.83. The minimum atomic E-state index is -0.449. The molecule has 1 N–H and O–H groups in total. The fourth-order valence-corrected chi connectivity index (χ4v) is 3.69. The van der Waals surface area contributed by atoms with Crippen molar-refractivity contribution in [2.24, 2.45) is 0 Å². The minimum absolute atomic E-state index is 0.0880. The van der Waals surface area contributed by atoms with Gasteiger partial charge in [-0.25, -0.2) is 0 Å². The highest BCUT2D eigenvalue weighted by Gasteiger charge is 2.48. The van der Waals surface area contributed by atoms with E-state index in [1.165, 1.54) is 0 Å². The maximum absolute atomic E-state index is 12.5. The number of fused-ring (bicyclic) bond motifs is 4. The summed E-state index contributed by atoms with van der Waals surface area (Å²) in [4.78, 5) is 17.0. The first kappa shape index (κ1) is 12.3. The zero-order valence-corrected chi connectivity index (χ0v) is 12.4. The lowest BCUT2D eigenvalue weighted by Gasteiger charge is -2.32. The Balaban J connectivity index is 2.04. The van der Waals surface area contributed by atoms with Crippen LogP contribution in [0.15, 0.2) is 28.9 Å². The second-order valence-electron chi connectivity index (χ2n) is 5.36. The summed E-state index contributed by atoms with van der Waals surface area (Å²) >= 11 is 3.51. The quantitative estimate of drug-likeness (QED) is 0.806.